The van der Waals surface area contributed by atoms with E-state index in [0.29, 0.717) is 6.42 Å². The maximum absolute atomic E-state index is 11.6. The third-order valence-electron chi connectivity index (χ3n) is 3.28. The standard InChI is InChI=1S/C10H15ClO4/c1-13-6-3-7(14-2)9(11)10-8(6)5(12)4-15-10/h6-10H,3-4H2,1-2H3/t6-,7+,8+,9-,10-/m0/s1. The Morgan fingerprint density at radius 2 is 2.00 bits per heavy atom. The van der Waals surface area contributed by atoms with Crippen LogP contribution in [0.2, 0.25) is 0 Å². The van der Waals surface area contributed by atoms with Gasteiger partial charge in [0.1, 0.15) is 6.61 Å². The van der Waals surface area contributed by atoms with Crippen molar-refractivity contribution >= 4 is 17.4 Å². The van der Waals surface area contributed by atoms with Crippen LogP contribution in [0.15, 0.2) is 0 Å². The molecule has 5 atom stereocenters. The number of halogens is 1. The normalized spacial score (nSPS) is 45.5. The molecule has 5 heteroatoms. The molecule has 0 bridgehead atoms. The summed E-state index contributed by atoms with van der Waals surface area (Å²) in [5.41, 5.74) is 0. The molecule has 0 aromatic heterocycles. The fourth-order valence-electron chi connectivity index (χ4n) is 2.46. The molecule has 86 valence electrons. The van der Waals surface area contributed by atoms with Crippen molar-refractivity contribution in [3.63, 3.8) is 0 Å². The summed E-state index contributed by atoms with van der Waals surface area (Å²) in [7, 11) is 3.22. The van der Waals surface area contributed by atoms with Crippen molar-refractivity contribution in [3.8, 4) is 0 Å². The first kappa shape index (κ1) is 11.3. The highest BCUT2D eigenvalue weighted by Gasteiger charge is 2.51. The number of carbonyl (C=O) groups is 1. The van der Waals surface area contributed by atoms with Crippen LogP contribution in [-0.4, -0.2) is 50.3 Å². The molecule has 2 aliphatic rings. The third kappa shape index (κ3) is 1.80. The molecule has 4 nitrogen and oxygen atoms in total. The van der Waals surface area contributed by atoms with E-state index in [9.17, 15) is 4.79 Å². The number of alkyl halides is 1. The lowest BCUT2D eigenvalue weighted by atomic mass is 9.81. The van der Waals surface area contributed by atoms with Gasteiger partial charge in [-0.15, -0.1) is 11.6 Å². The van der Waals surface area contributed by atoms with E-state index < -0.39 is 0 Å². The minimum atomic E-state index is -0.266. The van der Waals surface area contributed by atoms with Crippen molar-refractivity contribution < 1.29 is 19.0 Å². The zero-order chi connectivity index (χ0) is 11.0. The number of carbonyl (C=O) groups excluding carboxylic acids is 1. The molecule has 1 aliphatic heterocycles. The van der Waals surface area contributed by atoms with Crippen molar-refractivity contribution in [3.05, 3.63) is 0 Å². The Morgan fingerprint density at radius 3 is 2.60 bits per heavy atom. The van der Waals surface area contributed by atoms with Gasteiger partial charge in [-0.1, -0.05) is 0 Å². The van der Waals surface area contributed by atoms with E-state index in [0.717, 1.165) is 0 Å². The smallest absolute Gasteiger partial charge is 0.166 e. The van der Waals surface area contributed by atoms with Crippen LogP contribution >= 0.6 is 11.6 Å². The number of hydrogen-bond donors (Lipinski definition) is 0. The van der Waals surface area contributed by atoms with Gasteiger partial charge < -0.3 is 14.2 Å². The second kappa shape index (κ2) is 4.37. The highest BCUT2D eigenvalue weighted by atomic mass is 35.5. The number of ketones is 1. The lowest BCUT2D eigenvalue weighted by Crippen LogP contribution is -2.51. The van der Waals surface area contributed by atoms with Crippen LogP contribution in [0.5, 0.6) is 0 Å². The van der Waals surface area contributed by atoms with E-state index in [1.807, 2.05) is 0 Å². The molecular weight excluding hydrogens is 220 g/mol. The van der Waals surface area contributed by atoms with Crippen LogP contribution in [0, 0.1) is 5.92 Å². The molecule has 0 aromatic rings. The fraction of sp³-hybridized carbons (Fsp3) is 0.900. The van der Waals surface area contributed by atoms with Gasteiger partial charge in [0.05, 0.1) is 29.6 Å². The highest BCUT2D eigenvalue weighted by molar-refractivity contribution is 6.22. The minimum Gasteiger partial charge on any atom is -0.380 e. The molecule has 1 saturated heterocycles. The number of ether oxygens (including phenoxy) is 3. The van der Waals surface area contributed by atoms with E-state index in [1.54, 1.807) is 14.2 Å². The topological polar surface area (TPSA) is 44.8 Å². The van der Waals surface area contributed by atoms with Crippen LogP contribution in [-0.2, 0) is 19.0 Å². The van der Waals surface area contributed by atoms with Gasteiger partial charge in [-0.25, -0.2) is 0 Å². The molecule has 0 unspecified atom stereocenters. The Bertz CT molecular complexity index is 258. The van der Waals surface area contributed by atoms with E-state index in [1.165, 1.54) is 0 Å². The monoisotopic (exact) mass is 234 g/mol. The van der Waals surface area contributed by atoms with Gasteiger partial charge in [-0.3, -0.25) is 4.79 Å². The maximum Gasteiger partial charge on any atom is 0.166 e. The maximum atomic E-state index is 11.6. The first-order valence-corrected chi connectivity index (χ1v) is 5.46. The van der Waals surface area contributed by atoms with E-state index in [2.05, 4.69) is 0 Å². The van der Waals surface area contributed by atoms with Crippen LogP contribution in [0.1, 0.15) is 6.42 Å². The Kier molecular flexibility index (Phi) is 3.30. The van der Waals surface area contributed by atoms with Gasteiger partial charge >= 0.3 is 0 Å². The summed E-state index contributed by atoms with van der Waals surface area (Å²) >= 11 is 6.21. The van der Waals surface area contributed by atoms with Crippen LogP contribution in [0.3, 0.4) is 0 Å². The Morgan fingerprint density at radius 1 is 1.33 bits per heavy atom. The molecule has 0 radical (unpaired) electrons. The average Bonchev–Trinajstić information content (AvgIpc) is 2.63. The van der Waals surface area contributed by atoms with Crippen molar-refractivity contribution in [2.24, 2.45) is 5.92 Å². The summed E-state index contributed by atoms with van der Waals surface area (Å²) in [4.78, 5) is 11.6. The van der Waals surface area contributed by atoms with Crippen LogP contribution in [0.4, 0.5) is 0 Å². The van der Waals surface area contributed by atoms with Crippen molar-refractivity contribution in [1.29, 1.82) is 0 Å². The summed E-state index contributed by atoms with van der Waals surface area (Å²) in [6.45, 7) is 0.148. The summed E-state index contributed by atoms with van der Waals surface area (Å²) in [6, 6.07) is 0. The molecule has 15 heavy (non-hydrogen) atoms. The molecular formula is C10H15ClO4. The average molecular weight is 235 g/mol. The number of fused-ring (bicyclic) bond motifs is 1. The quantitative estimate of drug-likeness (QED) is 0.657. The van der Waals surface area contributed by atoms with Crippen LogP contribution < -0.4 is 0 Å². The molecule has 0 aromatic carbocycles. The first-order valence-electron chi connectivity index (χ1n) is 5.03. The molecule has 0 N–H and O–H groups in total. The second-order valence-electron chi connectivity index (χ2n) is 4.00. The Labute approximate surface area is 93.8 Å². The minimum absolute atomic E-state index is 0.0899. The van der Waals surface area contributed by atoms with Crippen molar-refractivity contribution in [2.45, 2.75) is 30.1 Å². The summed E-state index contributed by atoms with van der Waals surface area (Å²) < 4.78 is 16.0. The summed E-state index contributed by atoms with van der Waals surface area (Å²) in [5.74, 6) is -0.129. The molecule has 1 aliphatic carbocycles. The number of rotatable bonds is 2. The van der Waals surface area contributed by atoms with E-state index in [-0.39, 0.29) is 42.0 Å². The predicted molar refractivity (Wildman–Crippen MR) is 54.1 cm³/mol. The lowest BCUT2D eigenvalue weighted by Gasteiger charge is -2.38. The van der Waals surface area contributed by atoms with Crippen molar-refractivity contribution in [1.82, 2.24) is 0 Å². The Hall–Kier alpha value is -0.160. The first-order chi connectivity index (χ1) is 7.19. The van der Waals surface area contributed by atoms with Gasteiger partial charge in [0, 0.05) is 20.6 Å². The summed E-state index contributed by atoms with van der Waals surface area (Å²) in [6.07, 6.45) is 0.147. The molecule has 1 heterocycles. The van der Waals surface area contributed by atoms with Gasteiger partial charge in [0.2, 0.25) is 0 Å². The van der Waals surface area contributed by atoms with Crippen molar-refractivity contribution in [2.75, 3.05) is 20.8 Å². The van der Waals surface area contributed by atoms with Crippen LogP contribution in [0.25, 0.3) is 0 Å². The number of methoxy groups -OCH3 is 2. The zero-order valence-corrected chi connectivity index (χ0v) is 9.57. The SMILES string of the molecule is CO[C@H]1C[C@@H](OC)[C@H](Cl)[C@H]2OCC(=O)[C@@H]21. The highest BCUT2D eigenvalue weighted by Crippen LogP contribution is 2.37. The fourth-order valence-corrected chi connectivity index (χ4v) is 2.89. The molecule has 2 rings (SSSR count). The van der Waals surface area contributed by atoms with Gasteiger partial charge in [-0.05, 0) is 0 Å². The molecule has 0 spiro atoms. The zero-order valence-electron chi connectivity index (χ0n) is 8.81. The summed E-state index contributed by atoms with van der Waals surface area (Å²) in [5, 5.41) is -0.266. The van der Waals surface area contributed by atoms with Gasteiger partial charge in [-0.2, -0.15) is 0 Å². The predicted octanol–water partition coefficient (Wildman–Crippen LogP) is 0.612. The van der Waals surface area contributed by atoms with E-state index >= 15 is 0 Å². The second-order valence-corrected chi connectivity index (χ2v) is 4.50. The lowest BCUT2D eigenvalue weighted by molar-refractivity contribution is -0.127. The molecule has 2 fully saturated rings. The Balaban J connectivity index is 2.19. The number of hydrogen-bond acceptors (Lipinski definition) is 4. The van der Waals surface area contributed by atoms with Gasteiger partial charge in [0.25, 0.3) is 0 Å². The van der Waals surface area contributed by atoms with Gasteiger partial charge in [0.15, 0.2) is 5.78 Å². The molecule has 1 saturated carbocycles. The van der Waals surface area contributed by atoms with E-state index in [4.69, 9.17) is 25.8 Å². The largest absolute Gasteiger partial charge is 0.380 e. The molecule has 0 amide bonds. The number of Topliss-reactive ketones (excluding diaryl/α,β-unsaturated/α-hetero) is 1. The third-order valence-corrected chi connectivity index (χ3v) is 3.81.